The molecule has 1 aliphatic heterocycles. The van der Waals surface area contributed by atoms with Gasteiger partial charge in [0.25, 0.3) is 0 Å². The van der Waals surface area contributed by atoms with E-state index in [1.54, 1.807) is 0 Å². The van der Waals surface area contributed by atoms with Crippen molar-refractivity contribution >= 4 is 0 Å². The van der Waals surface area contributed by atoms with Crippen molar-refractivity contribution in [1.82, 2.24) is 0 Å². The summed E-state index contributed by atoms with van der Waals surface area (Å²) in [6, 6.07) is 10.2. The molecule has 2 aromatic rings. The molecule has 2 nitrogen and oxygen atoms in total. The Bertz CT molecular complexity index is 684. The van der Waals surface area contributed by atoms with Crippen LogP contribution in [0.1, 0.15) is 51.3 Å². The summed E-state index contributed by atoms with van der Waals surface area (Å²) < 4.78 is 6.15. The minimum atomic E-state index is -0.380. The summed E-state index contributed by atoms with van der Waals surface area (Å²) in [5.74, 6) is 1.09. The highest BCUT2D eigenvalue weighted by molar-refractivity contribution is 5.82. The first kappa shape index (κ1) is 16.4. The minimum Gasteiger partial charge on any atom is -0.507 e. The number of fused-ring (bicyclic) bond motifs is 3. The summed E-state index contributed by atoms with van der Waals surface area (Å²) in [6.45, 7) is 12.3. The summed E-state index contributed by atoms with van der Waals surface area (Å²) in [7, 11) is 0. The zero-order valence-corrected chi connectivity index (χ0v) is 14.4. The van der Waals surface area contributed by atoms with Gasteiger partial charge in [0.1, 0.15) is 17.1 Å². The smallest absolute Gasteiger partial charge is 0.132 e. The molecule has 0 saturated heterocycles. The Balaban J connectivity index is 0.000000847. The highest BCUT2D eigenvalue weighted by Crippen LogP contribution is 2.49. The molecule has 0 saturated carbocycles. The van der Waals surface area contributed by atoms with E-state index < -0.39 is 0 Å². The van der Waals surface area contributed by atoms with Crippen LogP contribution in [0.5, 0.6) is 11.5 Å². The van der Waals surface area contributed by atoms with Gasteiger partial charge in [-0.3, -0.25) is 0 Å². The van der Waals surface area contributed by atoms with Gasteiger partial charge in [0.05, 0.1) is 5.56 Å². The minimum absolute atomic E-state index is 0.307. The molecular weight excluding hydrogens is 272 g/mol. The molecule has 1 aliphatic rings. The Morgan fingerprint density at radius 3 is 2.41 bits per heavy atom. The molecule has 0 aliphatic carbocycles. The number of hydrogen-bond donors (Lipinski definition) is 1. The predicted molar refractivity (Wildman–Crippen MR) is 92.7 cm³/mol. The topological polar surface area (TPSA) is 29.5 Å². The molecule has 0 spiro atoms. The molecular formula is C20H26O2. The van der Waals surface area contributed by atoms with Crippen LogP contribution in [0.25, 0.3) is 11.1 Å². The van der Waals surface area contributed by atoms with E-state index in [2.05, 4.69) is 45.9 Å². The van der Waals surface area contributed by atoms with E-state index in [4.69, 9.17) is 4.74 Å². The first-order chi connectivity index (χ1) is 10.4. The van der Waals surface area contributed by atoms with Gasteiger partial charge in [0.2, 0.25) is 0 Å². The van der Waals surface area contributed by atoms with Crippen molar-refractivity contribution < 1.29 is 9.84 Å². The molecule has 118 valence electrons. The van der Waals surface area contributed by atoms with E-state index in [1.165, 1.54) is 5.56 Å². The third-order valence-corrected chi connectivity index (χ3v) is 4.01. The fourth-order valence-corrected chi connectivity index (χ4v) is 2.93. The summed E-state index contributed by atoms with van der Waals surface area (Å²) in [4.78, 5) is 0. The molecule has 0 bridgehead atoms. The fourth-order valence-electron chi connectivity index (χ4n) is 2.93. The van der Waals surface area contributed by atoms with Crippen molar-refractivity contribution in [2.75, 3.05) is 0 Å². The standard InChI is InChI=1S/C18H20O2.C2H6/c1-5-12-9-15(19)17-13-8-11(2)6-7-14(13)18(3,4)20-16(17)10-12;1-2/h6-10,19H,5H2,1-4H3;1-2H3. The Kier molecular flexibility index (Phi) is 4.50. The van der Waals surface area contributed by atoms with Crippen LogP contribution < -0.4 is 4.74 Å². The van der Waals surface area contributed by atoms with Crippen molar-refractivity contribution in [2.45, 2.75) is 53.6 Å². The van der Waals surface area contributed by atoms with Crippen molar-refractivity contribution in [3.05, 3.63) is 47.0 Å². The lowest BCUT2D eigenvalue weighted by Crippen LogP contribution is -2.29. The molecule has 3 rings (SSSR count). The largest absolute Gasteiger partial charge is 0.507 e. The molecule has 0 aromatic heterocycles. The van der Waals surface area contributed by atoms with Gasteiger partial charge in [0.15, 0.2) is 0 Å². The zero-order valence-electron chi connectivity index (χ0n) is 14.4. The van der Waals surface area contributed by atoms with Crippen molar-refractivity contribution in [1.29, 1.82) is 0 Å². The quantitative estimate of drug-likeness (QED) is 0.744. The molecule has 0 amide bonds. The lowest BCUT2D eigenvalue weighted by molar-refractivity contribution is 0.105. The van der Waals surface area contributed by atoms with Gasteiger partial charge in [-0.1, -0.05) is 44.5 Å². The number of aryl methyl sites for hydroxylation is 2. The average Bonchev–Trinajstić information content (AvgIpc) is 2.47. The summed E-state index contributed by atoms with van der Waals surface area (Å²) >= 11 is 0. The normalized spacial score (nSPS) is 14.1. The lowest BCUT2D eigenvalue weighted by atomic mass is 9.84. The number of benzene rings is 2. The second kappa shape index (κ2) is 6.04. The van der Waals surface area contributed by atoms with Crippen molar-refractivity contribution in [2.24, 2.45) is 0 Å². The summed E-state index contributed by atoms with van der Waals surface area (Å²) in [6.07, 6.45) is 0.880. The molecule has 1 N–H and O–H groups in total. The number of aromatic hydroxyl groups is 1. The number of rotatable bonds is 1. The third-order valence-electron chi connectivity index (χ3n) is 4.01. The van der Waals surface area contributed by atoms with Gasteiger partial charge in [-0.25, -0.2) is 0 Å². The van der Waals surface area contributed by atoms with Crippen LogP contribution in [0.15, 0.2) is 30.3 Å². The first-order valence-electron chi connectivity index (χ1n) is 8.09. The highest BCUT2D eigenvalue weighted by atomic mass is 16.5. The van der Waals surface area contributed by atoms with Gasteiger partial charge in [0, 0.05) is 5.56 Å². The van der Waals surface area contributed by atoms with Crippen LogP contribution in [0.2, 0.25) is 0 Å². The average molecular weight is 298 g/mol. The van der Waals surface area contributed by atoms with Crippen LogP contribution in [0.4, 0.5) is 0 Å². The predicted octanol–water partition coefficient (Wildman–Crippen LogP) is 5.58. The Labute approximate surface area is 133 Å². The van der Waals surface area contributed by atoms with Gasteiger partial charge in [-0.05, 0) is 50.5 Å². The maximum Gasteiger partial charge on any atom is 0.132 e. The Morgan fingerprint density at radius 2 is 1.77 bits per heavy atom. The molecule has 0 fully saturated rings. The van der Waals surface area contributed by atoms with E-state index >= 15 is 0 Å². The van der Waals surface area contributed by atoms with Crippen LogP contribution in [-0.2, 0) is 12.0 Å². The number of hydrogen-bond acceptors (Lipinski definition) is 2. The fraction of sp³-hybridized carbons (Fsp3) is 0.400. The summed E-state index contributed by atoms with van der Waals surface area (Å²) in [5.41, 5.74) is 4.92. The molecule has 22 heavy (non-hydrogen) atoms. The second-order valence-corrected chi connectivity index (χ2v) is 6.00. The monoisotopic (exact) mass is 298 g/mol. The zero-order chi connectivity index (χ0) is 16.5. The van der Waals surface area contributed by atoms with Crippen LogP contribution in [0.3, 0.4) is 0 Å². The van der Waals surface area contributed by atoms with Crippen LogP contribution >= 0.6 is 0 Å². The number of phenols is 1. The number of phenolic OH excluding ortho intramolecular Hbond substituents is 1. The van der Waals surface area contributed by atoms with Crippen molar-refractivity contribution in [3.63, 3.8) is 0 Å². The molecule has 0 atom stereocenters. The highest BCUT2D eigenvalue weighted by Gasteiger charge is 2.34. The maximum absolute atomic E-state index is 10.4. The lowest BCUT2D eigenvalue weighted by Gasteiger charge is -2.35. The molecule has 1 heterocycles. The van der Waals surface area contributed by atoms with E-state index in [-0.39, 0.29) is 5.60 Å². The van der Waals surface area contributed by atoms with E-state index in [0.29, 0.717) is 5.75 Å². The number of ether oxygens (including phenoxy) is 1. The Hall–Kier alpha value is -1.96. The SMILES string of the molecule is CC.CCc1cc(O)c2c(c1)OC(C)(C)c1ccc(C)cc1-2. The second-order valence-electron chi connectivity index (χ2n) is 6.00. The summed E-state index contributed by atoms with van der Waals surface area (Å²) in [5, 5.41) is 10.4. The first-order valence-corrected chi connectivity index (χ1v) is 8.09. The third kappa shape index (κ3) is 2.70. The molecule has 2 heteroatoms. The molecule has 2 aromatic carbocycles. The van der Waals surface area contributed by atoms with Gasteiger partial charge < -0.3 is 9.84 Å². The van der Waals surface area contributed by atoms with Gasteiger partial charge >= 0.3 is 0 Å². The molecule has 0 radical (unpaired) electrons. The van der Waals surface area contributed by atoms with E-state index in [0.717, 1.165) is 34.4 Å². The van der Waals surface area contributed by atoms with Crippen LogP contribution in [0, 0.1) is 6.92 Å². The van der Waals surface area contributed by atoms with E-state index in [1.807, 2.05) is 26.0 Å². The van der Waals surface area contributed by atoms with Crippen LogP contribution in [-0.4, -0.2) is 5.11 Å². The van der Waals surface area contributed by atoms with E-state index in [9.17, 15) is 5.11 Å². The Morgan fingerprint density at radius 1 is 1.09 bits per heavy atom. The maximum atomic E-state index is 10.4. The molecule has 0 unspecified atom stereocenters. The van der Waals surface area contributed by atoms with Gasteiger partial charge in [-0.2, -0.15) is 0 Å². The van der Waals surface area contributed by atoms with Gasteiger partial charge in [-0.15, -0.1) is 0 Å². The van der Waals surface area contributed by atoms with Crippen molar-refractivity contribution in [3.8, 4) is 22.6 Å².